The number of methoxy groups -OCH3 is 1. The average Bonchev–Trinajstić information content (AvgIpc) is 2.40. The quantitative estimate of drug-likeness (QED) is 0.900. The molecule has 2 rings (SSSR count). The zero-order valence-corrected chi connectivity index (χ0v) is 12.4. The minimum atomic E-state index is 0.884. The van der Waals surface area contributed by atoms with Gasteiger partial charge in [-0.3, -0.25) is 4.98 Å². The summed E-state index contributed by atoms with van der Waals surface area (Å²) < 4.78 is 5.38. The molecule has 0 aliphatic rings. The van der Waals surface area contributed by atoms with Crippen molar-refractivity contribution in [1.82, 2.24) is 4.98 Å². The molecule has 0 unspecified atom stereocenters. The van der Waals surface area contributed by atoms with Crippen molar-refractivity contribution in [1.29, 1.82) is 0 Å². The number of ether oxygens (including phenoxy) is 1. The summed E-state index contributed by atoms with van der Waals surface area (Å²) in [5.41, 5.74) is 5.69. The highest BCUT2D eigenvalue weighted by atomic mass is 16.5. The molecule has 0 atom stereocenters. The van der Waals surface area contributed by atoms with Gasteiger partial charge in [0.1, 0.15) is 5.75 Å². The molecule has 3 heteroatoms. The summed E-state index contributed by atoms with van der Waals surface area (Å²) in [6.45, 7) is 9.40. The van der Waals surface area contributed by atoms with E-state index in [1.165, 1.54) is 11.3 Å². The molecule has 0 saturated heterocycles. The maximum Gasteiger partial charge on any atom is 0.119 e. The van der Waals surface area contributed by atoms with Gasteiger partial charge in [-0.05, 0) is 50.5 Å². The van der Waals surface area contributed by atoms with Crippen LogP contribution in [0.25, 0.3) is 10.9 Å². The van der Waals surface area contributed by atoms with E-state index in [0.717, 1.165) is 40.9 Å². The number of anilines is 1. The summed E-state index contributed by atoms with van der Waals surface area (Å²) in [7, 11) is 1.70. The third kappa shape index (κ3) is 2.50. The van der Waals surface area contributed by atoms with Crippen LogP contribution in [0.2, 0.25) is 0 Å². The van der Waals surface area contributed by atoms with Crippen LogP contribution in [0.15, 0.2) is 12.1 Å². The maximum atomic E-state index is 5.38. The van der Waals surface area contributed by atoms with Gasteiger partial charge in [0.05, 0.1) is 12.6 Å². The Balaban J connectivity index is 2.73. The first kappa shape index (κ1) is 13.7. The Morgan fingerprint density at radius 3 is 2.58 bits per heavy atom. The van der Waals surface area contributed by atoms with Gasteiger partial charge < -0.3 is 10.1 Å². The van der Waals surface area contributed by atoms with Gasteiger partial charge in [-0.15, -0.1) is 0 Å². The smallest absolute Gasteiger partial charge is 0.119 e. The summed E-state index contributed by atoms with van der Waals surface area (Å²) in [6, 6.07) is 4.10. The highest BCUT2D eigenvalue weighted by Crippen LogP contribution is 2.32. The lowest BCUT2D eigenvalue weighted by Gasteiger charge is -2.16. The molecule has 3 nitrogen and oxygen atoms in total. The molecule has 19 heavy (non-hydrogen) atoms. The van der Waals surface area contributed by atoms with E-state index in [1.807, 2.05) is 6.07 Å². The second-order valence-corrected chi connectivity index (χ2v) is 4.96. The SMILES string of the molecule is CCCNc1c(C)c(C)nc2c(C)cc(OC)cc12. The number of rotatable bonds is 4. The first-order valence-electron chi connectivity index (χ1n) is 6.77. The summed E-state index contributed by atoms with van der Waals surface area (Å²) in [4.78, 5) is 4.72. The minimum absolute atomic E-state index is 0.884. The lowest BCUT2D eigenvalue weighted by atomic mass is 10.0. The Morgan fingerprint density at radius 1 is 1.21 bits per heavy atom. The number of fused-ring (bicyclic) bond motifs is 1. The molecule has 102 valence electrons. The van der Waals surface area contributed by atoms with E-state index < -0.39 is 0 Å². The van der Waals surface area contributed by atoms with Crippen LogP contribution in [0.5, 0.6) is 5.75 Å². The molecule has 0 radical (unpaired) electrons. The summed E-state index contributed by atoms with van der Waals surface area (Å²) in [5.74, 6) is 0.884. The average molecular weight is 258 g/mol. The molecule has 1 N–H and O–H groups in total. The number of aryl methyl sites for hydroxylation is 2. The van der Waals surface area contributed by atoms with Gasteiger partial charge in [0, 0.05) is 23.3 Å². The second-order valence-electron chi connectivity index (χ2n) is 4.96. The maximum absolute atomic E-state index is 5.38. The largest absolute Gasteiger partial charge is 0.497 e. The van der Waals surface area contributed by atoms with Gasteiger partial charge in [-0.25, -0.2) is 0 Å². The van der Waals surface area contributed by atoms with Crippen LogP contribution in [-0.4, -0.2) is 18.6 Å². The van der Waals surface area contributed by atoms with Crippen LogP contribution < -0.4 is 10.1 Å². The van der Waals surface area contributed by atoms with Gasteiger partial charge >= 0.3 is 0 Å². The normalized spacial score (nSPS) is 10.8. The number of hydrogen-bond donors (Lipinski definition) is 1. The summed E-state index contributed by atoms with van der Waals surface area (Å²) in [5, 5.41) is 4.68. The van der Waals surface area contributed by atoms with E-state index in [4.69, 9.17) is 9.72 Å². The van der Waals surface area contributed by atoms with E-state index >= 15 is 0 Å². The standard InChI is InChI=1S/C16H22N2O/c1-6-7-17-16-11(3)12(4)18-15-10(2)8-13(19-5)9-14(15)16/h8-9H,6-7H2,1-5H3,(H,17,18). The Hall–Kier alpha value is -1.77. The van der Waals surface area contributed by atoms with Crippen molar-refractivity contribution in [2.24, 2.45) is 0 Å². The van der Waals surface area contributed by atoms with Crippen molar-refractivity contribution in [2.45, 2.75) is 34.1 Å². The van der Waals surface area contributed by atoms with Gasteiger partial charge in [0.15, 0.2) is 0 Å². The molecule has 0 saturated carbocycles. The summed E-state index contributed by atoms with van der Waals surface area (Å²) >= 11 is 0. The molecule has 0 fully saturated rings. The Labute approximate surface area is 115 Å². The van der Waals surface area contributed by atoms with E-state index in [9.17, 15) is 0 Å². The molecule has 2 aromatic rings. The molecule has 1 aromatic carbocycles. The molecule has 1 heterocycles. The van der Waals surface area contributed by atoms with Gasteiger partial charge in [0.2, 0.25) is 0 Å². The van der Waals surface area contributed by atoms with Crippen molar-refractivity contribution < 1.29 is 4.74 Å². The number of benzene rings is 1. The first-order chi connectivity index (χ1) is 9.08. The monoisotopic (exact) mass is 258 g/mol. The lowest BCUT2D eigenvalue weighted by Crippen LogP contribution is -2.05. The minimum Gasteiger partial charge on any atom is -0.497 e. The second kappa shape index (κ2) is 5.47. The third-order valence-electron chi connectivity index (χ3n) is 3.53. The molecule has 0 spiro atoms. The van der Waals surface area contributed by atoms with Crippen molar-refractivity contribution in [3.05, 3.63) is 29.0 Å². The zero-order valence-electron chi connectivity index (χ0n) is 12.4. The number of nitrogens with zero attached hydrogens (tertiary/aromatic N) is 1. The molecule has 0 aliphatic heterocycles. The van der Waals surface area contributed by atoms with Crippen molar-refractivity contribution >= 4 is 16.6 Å². The predicted octanol–water partition coefficient (Wildman–Crippen LogP) is 3.99. The fourth-order valence-corrected chi connectivity index (χ4v) is 2.32. The molecule has 0 amide bonds. The van der Waals surface area contributed by atoms with Crippen LogP contribution in [0.4, 0.5) is 5.69 Å². The Kier molecular flexibility index (Phi) is 3.93. The first-order valence-corrected chi connectivity index (χ1v) is 6.77. The van der Waals surface area contributed by atoms with Crippen molar-refractivity contribution in [2.75, 3.05) is 19.0 Å². The van der Waals surface area contributed by atoms with Crippen LogP contribution in [0.3, 0.4) is 0 Å². The highest BCUT2D eigenvalue weighted by molar-refractivity contribution is 5.96. The number of nitrogens with one attached hydrogen (secondary N) is 1. The van der Waals surface area contributed by atoms with Gasteiger partial charge in [0.25, 0.3) is 0 Å². The molecule has 0 bridgehead atoms. The number of hydrogen-bond acceptors (Lipinski definition) is 3. The van der Waals surface area contributed by atoms with Crippen molar-refractivity contribution in [3.8, 4) is 5.75 Å². The van der Waals surface area contributed by atoms with Crippen LogP contribution in [-0.2, 0) is 0 Å². The Bertz CT molecular complexity index is 605. The van der Waals surface area contributed by atoms with Crippen LogP contribution in [0, 0.1) is 20.8 Å². The molecule has 0 aliphatic carbocycles. The van der Waals surface area contributed by atoms with E-state index in [0.29, 0.717) is 0 Å². The molecule has 1 aromatic heterocycles. The van der Waals surface area contributed by atoms with E-state index in [-0.39, 0.29) is 0 Å². The molecular formula is C16H22N2O. The fraction of sp³-hybridized carbons (Fsp3) is 0.438. The molecular weight excluding hydrogens is 236 g/mol. The number of pyridine rings is 1. The van der Waals surface area contributed by atoms with Gasteiger partial charge in [-0.1, -0.05) is 6.92 Å². The van der Waals surface area contributed by atoms with Gasteiger partial charge in [-0.2, -0.15) is 0 Å². The van der Waals surface area contributed by atoms with E-state index in [2.05, 4.69) is 39.1 Å². The fourth-order valence-electron chi connectivity index (χ4n) is 2.32. The lowest BCUT2D eigenvalue weighted by molar-refractivity contribution is 0.415. The van der Waals surface area contributed by atoms with Crippen molar-refractivity contribution in [3.63, 3.8) is 0 Å². The highest BCUT2D eigenvalue weighted by Gasteiger charge is 2.12. The summed E-state index contributed by atoms with van der Waals surface area (Å²) in [6.07, 6.45) is 1.10. The predicted molar refractivity (Wildman–Crippen MR) is 81.3 cm³/mol. The topological polar surface area (TPSA) is 34.2 Å². The van der Waals surface area contributed by atoms with Crippen LogP contribution in [0.1, 0.15) is 30.2 Å². The van der Waals surface area contributed by atoms with Crippen LogP contribution >= 0.6 is 0 Å². The van der Waals surface area contributed by atoms with E-state index in [1.54, 1.807) is 7.11 Å². The zero-order chi connectivity index (χ0) is 14.0. The Morgan fingerprint density at radius 2 is 1.95 bits per heavy atom. The third-order valence-corrected chi connectivity index (χ3v) is 3.53. The number of aromatic nitrogens is 1.